The smallest absolute Gasteiger partial charge is 0.251 e. The van der Waals surface area contributed by atoms with Crippen molar-refractivity contribution in [2.45, 2.75) is 78.3 Å². The Labute approximate surface area is 180 Å². The summed E-state index contributed by atoms with van der Waals surface area (Å²) in [6.45, 7) is 5.65. The summed E-state index contributed by atoms with van der Waals surface area (Å²) in [6, 6.07) is 15.9. The molecule has 0 fully saturated rings. The predicted molar refractivity (Wildman–Crippen MR) is 125 cm³/mol. The molecule has 3 aromatic rings. The van der Waals surface area contributed by atoms with Gasteiger partial charge < -0.3 is 9.88 Å². The maximum absolute atomic E-state index is 12.6. The van der Waals surface area contributed by atoms with Crippen LogP contribution in [0.1, 0.15) is 80.0 Å². The van der Waals surface area contributed by atoms with Gasteiger partial charge in [0.15, 0.2) is 0 Å². The number of para-hydroxylation sites is 2. The summed E-state index contributed by atoms with van der Waals surface area (Å²) in [6.07, 6.45) is 10.4. The fourth-order valence-electron chi connectivity index (χ4n) is 3.96. The van der Waals surface area contributed by atoms with Crippen LogP contribution < -0.4 is 5.32 Å². The molecule has 1 aromatic heterocycles. The van der Waals surface area contributed by atoms with E-state index in [1.54, 1.807) is 0 Å². The number of benzene rings is 2. The van der Waals surface area contributed by atoms with Gasteiger partial charge in [-0.25, -0.2) is 4.98 Å². The average Bonchev–Trinajstić information content (AvgIpc) is 3.11. The number of nitrogens with zero attached hydrogens (tertiary/aromatic N) is 2. The fourth-order valence-corrected chi connectivity index (χ4v) is 3.96. The van der Waals surface area contributed by atoms with Crippen LogP contribution in [0.15, 0.2) is 48.5 Å². The summed E-state index contributed by atoms with van der Waals surface area (Å²) in [5, 5.41) is 3.05. The van der Waals surface area contributed by atoms with Crippen LogP contribution in [0.2, 0.25) is 0 Å². The zero-order chi connectivity index (χ0) is 21.2. The van der Waals surface area contributed by atoms with Gasteiger partial charge in [-0.15, -0.1) is 0 Å². The molecule has 0 atom stereocenters. The van der Waals surface area contributed by atoms with Crippen LogP contribution in [0.3, 0.4) is 0 Å². The molecule has 0 saturated heterocycles. The van der Waals surface area contributed by atoms with Gasteiger partial charge in [0, 0.05) is 12.1 Å². The van der Waals surface area contributed by atoms with Crippen LogP contribution >= 0.6 is 0 Å². The highest BCUT2D eigenvalue weighted by molar-refractivity contribution is 5.94. The molecule has 160 valence electrons. The molecule has 30 heavy (non-hydrogen) atoms. The number of imidazole rings is 1. The van der Waals surface area contributed by atoms with E-state index >= 15 is 0 Å². The molecule has 0 saturated carbocycles. The molecule has 3 rings (SSSR count). The van der Waals surface area contributed by atoms with Crippen LogP contribution in [-0.4, -0.2) is 15.5 Å². The number of unbranched alkanes of at least 4 members (excludes halogenated alkanes) is 7. The van der Waals surface area contributed by atoms with E-state index in [1.165, 1.54) is 44.9 Å². The molecule has 0 aliphatic heterocycles. The zero-order valence-electron chi connectivity index (χ0n) is 18.5. The number of amides is 1. The standard InChI is InChI=1S/C26H35N3O/c1-3-4-5-6-7-8-9-12-18-29-24-17-11-10-16-23(24)28-25(29)20-27-26(30)22-15-13-14-21(2)19-22/h10-11,13-17,19H,3-9,12,18,20H2,1-2H3,(H,27,30). The number of nitrogens with one attached hydrogen (secondary N) is 1. The second kappa shape index (κ2) is 11.5. The molecule has 0 spiro atoms. The molecule has 1 heterocycles. The first-order valence-electron chi connectivity index (χ1n) is 11.5. The van der Waals surface area contributed by atoms with Gasteiger partial charge in [-0.1, -0.05) is 81.7 Å². The van der Waals surface area contributed by atoms with Crippen LogP contribution in [0.4, 0.5) is 0 Å². The third-order valence-corrected chi connectivity index (χ3v) is 5.66. The summed E-state index contributed by atoms with van der Waals surface area (Å²) < 4.78 is 2.28. The van der Waals surface area contributed by atoms with E-state index in [9.17, 15) is 4.79 Å². The summed E-state index contributed by atoms with van der Waals surface area (Å²) in [5.41, 5.74) is 3.93. The number of carbonyl (C=O) groups is 1. The van der Waals surface area contributed by atoms with Crippen LogP contribution in [0, 0.1) is 6.92 Å². The molecule has 0 aliphatic rings. The third kappa shape index (κ3) is 6.19. The van der Waals surface area contributed by atoms with Crippen molar-refractivity contribution in [1.82, 2.24) is 14.9 Å². The minimum atomic E-state index is -0.0515. The molecule has 1 amide bonds. The second-order valence-corrected chi connectivity index (χ2v) is 8.20. The number of aryl methyl sites for hydroxylation is 2. The Hall–Kier alpha value is -2.62. The lowest BCUT2D eigenvalue weighted by atomic mass is 10.1. The minimum absolute atomic E-state index is 0.0515. The monoisotopic (exact) mass is 405 g/mol. The van der Waals surface area contributed by atoms with Crippen LogP contribution in [-0.2, 0) is 13.1 Å². The molecular weight excluding hydrogens is 370 g/mol. The number of hydrogen-bond donors (Lipinski definition) is 1. The lowest BCUT2D eigenvalue weighted by molar-refractivity contribution is 0.0949. The summed E-state index contributed by atoms with van der Waals surface area (Å²) in [5.74, 6) is 0.879. The highest BCUT2D eigenvalue weighted by atomic mass is 16.1. The van der Waals surface area contributed by atoms with Gasteiger partial charge in [0.25, 0.3) is 5.91 Å². The Bertz CT molecular complexity index is 944. The van der Waals surface area contributed by atoms with Gasteiger partial charge in [-0.3, -0.25) is 4.79 Å². The largest absolute Gasteiger partial charge is 0.345 e. The van der Waals surface area contributed by atoms with Gasteiger partial charge in [0.05, 0.1) is 17.6 Å². The number of carbonyl (C=O) groups excluding carboxylic acids is 1. The van der Waals surface area contributed by atoms with E-state index in [2.05, 4.69) is 28.9 Å². The number of aromatic nitrogens is 2. The summed E-state index contributed by atoms with van der Waals surface area (Å²) in [7, 11) is 0. The zero-order valence-corrected chi connectivity index (χ0v) is 18.5. The van der Waals surface area contributed by atoms with Crippen LogP contribution in [0.25, 0.3) is 11.0 Å². The molecule has 2 aromatic carbocycles. The Morgan fingerprint density at radius 2 is 1.67 bits per heavy atom. The SMILES string of the molecule is CCCCCCCCCCn1c(CNC(=O)c2cccc(C)c2)nc2ccccc21. The first kappa shape index (κ1) is 22.1. The van der Waals surface area contributed by atoms with Gasteiger partial charge in [-0.05, 0) is 37.6 Å². The summed E-state index contributed by atoms with van der Waals surface area (Å²) in [4.78, 5) is 17.3. The molecule has 1 N–H and O–H groups in total. The predicted octanol–water partition coefficient (Wildman–Crippen LogP) is 6.42. The maximum atomic E-state index is 12.6. The molecule has 4 nitrogen and oxygen atoms in total. The quantitative estimate of drug-likeness (QED) is 0.354. The van der Waals surface area contributed by atoms with Crippen molar-refractivity contribution >= 4 is 16.9 Å². The van der Waals surface area contributed by atoms with Crippen molar-refractivity contribution in [3.8, 4) is 0 Å². The van der Waals surface area contributed by atoms with Crippen molar-refractivity contribution in [2.75, 3.05) is 0 Å². The third-order valence-electron chi connectivity index (χ3n) is 5.66. The maximum Gasteiger partial charge on any atom is 0.251 e. The first-order chi connectivity index (χ1) is 14.7. The van der Waals surface area contributed by atoms with E-state index in [0.717, 1.165) is 35.4 Å². The first-order valence-corrected chi connectivity index (χ1v) is 11.5. The molecule has 0 unspecified atom stereocenters. The number of fused-ring (bicyclic) bond motifs is 1. The second-order valence-electron chi connectivity index (χ2n) is 8.20. The fraction of sp³-hybridized carbons (Fsp3) is 0.462. The van der Waals surface area contributed by atoms with E-state index in [1.807, 2.05) is 43.3 Å². The van der Waals surface area contributed by atoms with Crippen molar-refractivity contribution in [3.05, 3.63) is 65.5 Å². The molecule has 0 bridgehead atoms. The molecular formula is C26H35N3O. The van der Waals surface area contributed by atoms with Gasteiger partial charge in [0.2, 0.25) is 0 Å². The lowest BCUT2D eigenvalue weighted by Gasteiger charge is -2.11. The van der Waals surface area contributed by atoms with Crippen molar-refractivity contribution in [3.63, 3.8) is 0 Å². The highest BCUT2D eigenvalue weighted by Crippen LogP contribution is 2.18. The van der Waals surface area contributed by atoms with E-state index in [-0.39, 0.29) is 5.91 Å². The van der Waals surface area contributed by atoms with E-state index in [0.29, 0.717) is 12.1 Å². The van der Waals surface area contributed by atoms with Crippen molar-refractivity contribution in [1.29, 1.82) is 0 Å². The van der Waals surface area contributed by atoms with Crippen molar-refractivity contribution < 1.29 is 4.79 Å². The van der Waals surface area contributed by atoms with Crippen molar-refractivity contribution in [2.24, 2.45) is 0 Å². The summed E-state index contributed by atoms with van der Waals surface area (Å²) >= 11 is 0. The van der Waals surface area contributed by atoms with Gasteiger partial charge in [0.1, 0.15) is 5.82 Å². The van der Waals surface area contributed by atoms with E-state index in [4.69, 9.17) is 4.98 Å². The average molecular weight is 406 g/mol. The lowest BCUT2D eigenvalue weighted by Crippen LogP contribution is -2.24. The van der Waals surface area contributed by atoms with Gasteiger partial charge >= 0.3 is 0 Å². The van der Waals surface area contributed by atoms with Gasteiger partial charge in [-0.2, -0.15) is 0 Å². The molecule has 0 radical (unpaired) electrons. The Morgan fingerprint density at radius 3 is 2.43 bits per heavy atom. The normalized spacial score (nSPS) is 11.1. The number of rotatable bonds is 12. The Balaban J connectivity index is 1.58. The Kier molecular flexibility index (Phi) is 8.49. The topological polar surface area (TPSA) is 46.9 Å². The molecule has 0 aliphatic carbocycles. The van der Waals surface area contributed by atoms with Crippen LogP contribution in [0.5, 0.6) is 0 Å². The number of hydrogen-bond acceptors (Lipinski definition) is 2. The minimum Gasteiger partial charge on any atom is -0.345 e. The highest BCUT2D eigenvalue weighted by Gasteiger charge is 2.12. The Morgan fingerprint density at radius 1 is 0.933 bits per heavy atom. The van der Waals surface area contributed by atoms with E-state index < -0.39 is 0 Å². The molecule has 4 heteroatoms.